The monoisotopic (exact) mass is 319 g/mol. The van der Waals surface area contributed by atoms with Crippen LogP contribution in [0.4, 0.5) is 4.39 Å². The number of hydrogen-bond acceptors (Lipinski definition) is 1. The topological polar surface area (TPSA) is 25.0 Å². The van der Waals surface area contributed by atoms with E-state index in [-0.39, 0.29) is 5.82 Å². The van der Waals surface area contributed by atoms with Crippen molar-refractivity contribution in [1.29, 1.82) is 0 Å². The largest absolute Gasteiger partial charge is 0.496 e. The Morgan fingerprint density at radius 2 is 2.00 bits per heavy atom. The summed E-state index contributed by atoms with van der Waals surface area (Å²) in [5, 5.41) is 1.03. The number of benzene rings is 2. The minimum atomic E-state index is -0.241. The van der Waals surface area contributed by atoms with Crippen LogP contribution in [0.3, 0.4) is 0 Å². The number of aromatic nitrogens is 1. The van der Waals surface area contributed by atoms with E-state index in [2.05, 4.69) is 20.9 Å². The van der Waals surface area contributed by atoms with E-state index in [4.69, 9.17) is 4.74 Å². The summed E-state index contributed by atoms with van der Waals surface area (Å²) in [4.78, 5) is 3.28. The maximum atomic E-state index is 13.2. The standard InChI is InChI=1S/C15H11BrFNO/c1-19-15-7-10-6-13(18-14(10)8-12(15)16)9-3-2-4-11(17)5-9/h2-8,18H,1H3. The fourth-order valence-electron chi connectivity index (χ4n) is 2.10. The van der Waals surface area contributed by atoms with E-state index in [1.807, 2.05) is 24.3 Å². The van der Waals surface area contributed by atoms with E-state index in [1.54, 1.807) is 13.2 Å². The molecule has 1 aromatic heterocycles. The Bertz CT molecular complexity index is 751. The molecular formula is C15H11BrFNO. The zero-order chi connectivity index (χ0) is 13.4. The SMILES string of the molecule is COc1cc2cc(-c3cccc(F)c3)[nH]c2cc1Br. The van der Waals surface area contributed by atoms with E-state index in [9.17, 15) is 4.39 Å². The summed E-state index contributed by atoms with van der Waals surface area (Å²) >= 11 is 3.45. The average molecular weight is 320 g/mol. The van der Waals surface area contributed by atoms with E-state index < -0.39 is 0 Å². The number of methoxy groups -OCH3 is 1. The van der Waals surface area contributed by atoms with Gasteiger partial charge in [0.05, 0.1) is 11.6 Å². The molecule has 0 bridgehead atoms. The number of H-pyrrole nitrogens is 1. The van der Waals surface area contributed by atoms with Crippen LogP contribution in [0.15, 0.2) is 46.9 Å². The van der Waals surface area contributed by atoms with Crippen molar-refractivity contribution in [1.82, 2.24) is 4.98 Å². The molecule has 0 amide bonds. The zero-order valence-corrected chi connectivity index (χ0v) is 11.8. The molecule has 0 atom stereocenters. The molecule has 0 aliphatic rings. The highest BCUT2D eigenvalue weighted by Gasteiger charge is 2.08. The van der Waals surface area contributed by atoms with Gasteiger partial charge >= 0.3 is 0 Å². The van der Waals surface area contributed by atoms with E-state index in [0.717, 1.165) is 32.4 Å². The van der Waals surface area contributed by atoms with Crippen LogP contribution in [0, 0.1) is 5.82 Å². The smallest absolute Gasteiger partial charge is 0.133 e. The molecule has 0 aliphatic carbocycles. The van der Waals surface area contributed by atoms with Gasteiger partial charge in [0.15, 0.2) is 0 Å². The molecule has 0 saturated carbocycles. The lowest BCUT2D eigenvalue weighted by molar-refractivity contribution is 0.413. The molecule has 0 radical (unpaired) electrons. The molecule has 2 aromatic carbocycles. The molecule has 0 saturated heterocycles. The van der Waals surface area contributed by atoms with Crippen LogP contribution >= 0.6 is 15.9 Å². The second kappa shape index (κ2) is 4.70. The van der Waals surface area contributed by atoms with Crippen molar-refractivity contribution in [2.45, 2.75) is 0 Å². The molecule has 3 rings (SSSR count). The van der Waals surface area contributed by atoms with Gasteiger partial charge < -0.3 is 9.72 Å². The predicted octanol–water partition coefficient (Wildman–Crippen LogP) is 4.75. The first-order chi connectivity index (χ1) is 9.17. The fourth-order valence-corrected chi connectivity index (χ4v) is 2.61. The number of ether oxygens (including phenoxy) is 1. The van der Waals surface area contributed by atoms with Crippen molar-refractivity contribution in [2.24, 2.45) is 0 Å². The Morgan fingerprint density at radius 1 is 1.16 bits per heavy atom. The normalized spacial score (nSPS) is 10.9. The number of rotatable bonds is 2. The number of fused-ring (bicyclic) bond motifs is 1. The molecule has 0 aliphatic heterocycles. The first-order valence-electron chi connectivity index (χ1n) is 5.79. The number of nitrogens with one attached hydrogen (secondary N) is 1. The highest BCUT2D eigenvalue weighted by Crippen LogP contribution is 2.32. The summed E-state index contributed by atoms with van der Waals surface area (Å²) in [6, 6.07) is 12.4. The van der Waals surface area contributed by atoms with Crippen molar-refractivity contribution >= 4 is 26.8 Å². The van der Waals surface area contributed by atoms with E-state index in [0.29, 0.717) is 0 Å². The van der Waals surface area contributed by atoms with Gasteiger partial charge in [-0.05, 0) is 46.3 Å². The molecule has 3 aromatic rings. The highest BCUT2D eigenvalue weighted by atomic mass is 79.9. The van der Waals surface area contributed by atoms with Gasteiger partial charge in [0, 0.05) is 22.2 Å². The highest BCUT2D eigenvalue weighted by molar-refractivity contribution is 9.10. The maximum absolute atomic E-state index is 13.2. The second-order valence-corrected chi connectivity index (χ2v) is 5.12. The van der Waals surface area contributed by atoms with Crippen molar-refractivity contribution in [3.8, 4) is 17.0 Å². The van der Waals surface area contributed by atoms with Gasteiger partial charge in [-0.25, -0.2) is 4.39 Å². The summed E-state index contributed by atoms with van der Waals surface area (Å²) in [5.74, 6) is 0.534. The number of halogens is 2. The molecule has 2 nitrogen and oxygen atoms in total. The summed E-state index contributed by atoms with van der Waals surface area (Å²) in [6.45, 7) is 0. The van der Waals surface area contributed by atoms with Crippen LogP contribution in [0.25, 0.3) is 22.2 Å². The van der Waals surface area contributed by atoms with E-state index >= 15 is 0 Å². The van der Waals surface area contributed by atoms with E-state index in [1.165, 1.54) is 12.1 Å². The Morgan fingerprint density at radius 3 is 2.74 bits per heavy atom. The fraction of sp³-hybridized carbons (Fsp3) is 0.0667. The summed E-state index contributed by atoms with van der Waals surface area (Å²) in [5.41, 5.74) is 2.69. The number of aromatic amines is 1. The third kappa shape index (κ3) is 2.24. The minimum Gasteiger partial charge on any atom is -0.496 e. The van der Waals surface area contributed by atoms with Crippen LogP contribution in [0.2, 0.25) is 0 Å². The summed E-state index contributed by atoms with van der Waals surface area (Å²) < 4.78 is 19.4. The lowest BCUT2D eigenvalue weighted by Gasteiger charge is -2.02. The molecule has 0 spiro atoms. The van der Waals surface area contributed by atoms with Crippen LogP contribution in [0.5, 0.6) is 5.75 Å². The Kier molecular flexibility index (Phi) is 3.03. The van der Waals surface area contributed by atoms with Crippen LogP contribution < -0.4 is 4.74 Å². The Balaban J connectivity index is 2.16. The molecule has 1 heterocycles. The van der Waals surface area contributed by atoms with Gasteiger partial charge in [-0.3, -0.25) is 0 Å². The third-order valence-electron chi connectivity index (χ3n) is 3.03. The zero-order valence-electron chi connectivity index (χ0n) is 10.2. The first kappa shape index (κ1) is 12.2. The van der Waals surface area contributed by atoms with Crippen LogP contribution in [-0.2, 0) is 0 Å². The Hall–Kier alpha value is -1.81. The van der Waals surface area contributed by atoms with Crippen LogP contribution in [-0.4, -0.2) is 12.1 Å². The van der Waals surface area contributed by atoms with Gasteiger partial charge in [0.25, 0.3) is 0 Å². The molecule has 96 valence electrons. The molecule has 0 fully saturated rings. The Labute approximate surface area is 118 Å². The van der Waals surface area contributed by atoms with Crippen molar-refractivity contribution in [2.75, 3.05) is 7.11 Å². The summed E-state index contributed by atoms with van der Waals surface area (Å²) in [7, 11) is 1.63. The molecule has 0 unspecified atom stereocenters. The molecule has 19 heavy (non-hydrogen) atoms. The van der Waals surface area contributed by atoms with Crippen LogP contribution in [0.1, 0.15) is 0 Å². The second-order valence-electron chi connectivity index (χ2n) is 4.27. The quantitative estimate of drug-likeness (QED) is 0.724. The molecular weight excluding hydrogens is 309 g/mol. The lowest BCUT2D eigenvalue weighted by atomic mass is 10.1. The lowest BCUT2D eigenvalue weighted by Crippen LogP contribution is -1.83. The van der Waals surface area contributed by atoms with Crippen molar-refractivity contribution < 1.29 is 9.13 Å². The number of hydrogen-bond donors (Lipinski definition) is 1. The van der Waals surface area contributed by atoms with Gasteiger partial charge in [0.1, 0.15) is 11.6 Å². The van der Waals surface area contributed by atoms with Gasteiger partial charge in [-0.2, -0.15) is 0 Å². The first-order valence-corrected chi connectivity index (χ1v) is 6.59. The third-order valence-corrected chi connectivity index (χ3v) is 3.65. The average Bonchev–Trinajstić information content (AvgIpc) is 2.80. The van der Waals surface area contributed by atoms with Gasteiger partial charge in [-0.15, -0.1) is 0 Å². The maximum Gasteiger partial charge on any atom is 0.133 e. The van der Waals surface area contributed by atoms with Gasteiger partial charge in [-0.1, -0.05) is 12.1 Å². The van der Waals surface area contributed by atoms with Gasteiger partial charge in [0.2, 0.25) is 0 Å². The van der Waals surface area contributed by atoms with Crippen molar-refractivity contribution in [3.05, 3.63) is 52.8 Å². The molecule has 4 heteroatoms. The van der Waals surface area contributed by atoms with Crippen molar-refractivity contribution in [3.63, 3.8) is 0 Å². The minimum absolute atomic E-state index is 0.241. The molecule has 1 N–H and O–H groups in total. The summed E-state index contributed by atoms with van der Waals surface area (Å²) in [6.07, 6.45) is 0. The predicted molar refractivity (Wildman–Crippen MR) is 77.9 cm³/mol.